The molecule has 2 atom stereocenters. The maximum atomic E-state index is 12.3. The normalized spacial score (nSPS) is 22.1. The first kappa shape index (κ1) is 15.4. The van der Waals surface area contributed by atoms with E-state index in [1.54, 1.807) is 20.8 Å². The molecular formula is C16H21NO4. The minimum atomic E-state index is -0.873. The Morgan fingerprint density at radius 2 is 1.86 bits per heavy atom. The van der Waals surface area contributed by atoms with Crippen LogP contribution in [0.4, 0.5) is 4.79 Å². The highest BCUT2D eigenvalue weighted by Crippen LogP contribution is 2.36. The van der Waals surface area contributed by atoms with E-state index >= 15 is 0 Å². The number of carbonyl (C=O) groups is 2. The fourth-order valence-electron chi connectivity index (χ4n) is 2.53. The van der Waals surface area contributed by atoms with Crippen LogP contribution in [0.2, 0.25) is 0 Å². The van der Waals surface area contributed by atoms with E-state index in [1.807, 2.05) is 30.3 Å². The zero-order valence-corrected chi connectivity index (χ0v) is 12.6. The van der Waals surface area contributed by atoms with Gasteiger partial charge in [0.05, 0.1) is 12.0 Å². The van der Waals surface area contributed by atoms with Gasteiger partial charge in [-0.15, -0.1) is 0 Å². The summed E-state index contributed by atoms with van der Waals surface area (Å²) < 4.78 is 5.40. The molecule has 1 amide bonds. The fourth-order valence-corrected chi connectivity index (χ4v) is 2.53. The van der Waals surface area contributed by atoms with Crippen LogP contribution in [-0.4, -0.2) is 34.2 Å². The van der Waals surface area contributed by atoms with Crippen LogP contribution in [0, 0.1) is 5.92 Å². The molecule has 0 aliphatic carbocycles. The Kier molecular flexibility index (Phi) is 4.21. The quantitative estimate of drug-likeness (QED) is 0.909. The van der Waals surface area contributed by atoms with Gasteiger partial charge in [-0.3, -0.25) is 4.79 Å². The molecule has 1 aliphatic rings. The molecule has 0 radical (unpaired) electrons. The zero-order valence-electron chi connectivity index (χ0n) is 12.6. The van der Waals surface area contributed by atoms with Gasteiger partial charge in [0, 0.05) is 6.54 Å². The standard InChI is InChI=1S/C16H21NO4/c1-16(2,3)21-15(20)17-10-12(14(18)19)9-13(17)11-7-5-4-6-8-11/h4-8,12-13H,9-10H2,1-3H3,(H,18,19)/t12-,13+/m1/s1. The zero-order chi connectivity index (χ0) is 15.6. The van der Waals surface area contributed by atoms with Crippen LogP contribution in [0.25, 0.3) is 0 Å². The van der Waals surface area contributed by atoms with Gasteiger partial charge in [-0.1, -0.05) is 30.3 Å². The van der Waals surface area contributed by atoms with E-state index in [0.717, 1.165) is 5.56 Å². The van der Waals surface area contributed by atoms with E-state index < -0.39 is 23.6 Å². The van der Waals surface area contributed by atoms with E-state index in [9.17, 15) is 14.7 Å². The Morgan fingerprint density at radius 3 is 2.38 bits per heavy atom. The second-order valence-electron chi connectivity index (χ2n) is 6.33. The molecule has 1 aromatic carbocycles. The molecule has 1 saturated heterocycles. The average molecular weight is 291 g/mol. The number of ether oxygens (including phenoxy) is 1. The summed E-state index contributed by atoms with van der Waals surface area (Å²) in [5, 5.41) is 9.23. The predicted octanol–water partition coefficient (Wildman–Crippen LogP) is 3.07. The third kappa shape index (κ3) is 3.74. The Bertz CT molecular complexity index is 521. The minimum Gasteiger partial charge on any atom is -0.481 e. The lowest BCUT2D eigenvalue weighted by Crippen LogP contribution is -2.37. The second kappa shape index (κ2) is 5.76. The maximum absolute atomic E-state index is 12.3. The number of benzene rings is 1. The topological polar surface area (TPSA) is 66.8 Å². The van der Waals surface area contributed by atoms with Crippen LogP contribution in [-0.2, 0) is 9.53 Å². The molecule has 2 rings (SSSR count). The summed E-state index contributed by atoms with van der Waals surface area (Å²) >= 11 is 0. The summed E-state index contributed by atoms with van der Waals surface area (Å²) in [6.07, 6.45) is -0.0430. The first-order valence-corrected chi connectivity index (χ1v) is 7.05. The molecule has 5 heteroatoms. The van der Waals surface area contributed by atoms with Gasteiger partial charge in [0.1, 0.15) is 5.60 Å². The fraction of sp³-hybridized carbons (Fsp3) is 0.500. The number of likely N-dealkylation sites (tertiary alicyclic amines) is 1. The van der Waals surface area contributed by atoms with Gasteiger partial charge < -0.3 is 14.7 Å². The Hall–Kier alpha value is -2.04. The Morgan fingerprint density at radius 1 is 1.24 bits per heavy atom. The number of carboxylic acid groups (broad SMARTS) is 1. The monoisotopic (exact) mass is 291 g/mol. The maximum Gasteiger partial charge on any atom is 0.410 e. The number of carboxylic acids is 1. The molecule has 0 saturated carbocycles. The van der Waals surface area contributed by atoms with E-state index in [1.165, 1.54) is 4.90 Å². The highest BCUT2D eigenvalue weighted by atomic mass is 16.6. The van der Waals surface area contributed by atoms with Crippen LogP contribution < -0.4 is 0 Å². The van der Waals surface area contributed by atoms with E-state index in [0.29, 0.717) is 6.42 Å². The highest BCUT2D eigenvalue weighted by Gasteiger charge is 2.41. The van der Waals surface area contributed by atoms with Crippen molar-refractivity contribution in [2.45, 2.75) is 38.8 Å². The van der Waals surface area contributed by atoms with Crippen molar-refractivity contribution in [1.29, 1.82) is 0 Å². The summed E-state index contributed by atoms with van der Waals surface area (Å²) in [7, 11) is 0. The van der Waals surface area contributed by atoms with E-state index in [-0.39, 0.29) is 12.6 Å². The van der Waals surface area contributed by atoms with E-state index in [4.69, 9.17) is 4.74 Å². The van der Waals surface area contributed by atoms with Gasteiger partial charge in [-0.2, -0.15) is 0 Å². The lowest BCUT2D eigenvalue weighted by atomic mass is 10.00. The molecule has 0 bridgehead atoms. The molecular weight excluding hydrogens is 270 g/mol. The van der Waals surface area contributed by atoms with Crippen molar-refractivity contribution < 1.29 is 19.4 Å². The van der Waals surface area contributed by atoms with Gasteiger partial charge in [-0.25, -0.2) is 4.79 Å². The molecule has 5 nitrogen and oxygen atoms in total. The van der Waals surface area contributed by atoms with Crippen LogP contribution in [0.1, 0.15) is 38.8 Å². The van der Waals surface area contributed by atoms with Crippen LogP contribution in [0.5, 0.6) is 0 Å². The largest absolute Gasteiger partial charge is 0.481 e. The van der Waals surface area contributed by atoms with Crippen molar-refractivity contribution in [3.8, 4) is 0 Å². The first-order chi connectivity index (χ1) is 9.78. The van der Waals surface area contributed by atoms with Gasteiger partial charge in [0.15, 0.2) is 0 Å². The van der Waals surface area contributed by atoms with Crippen molar-refractivity contribution in [3.05, 3.63) is 35.9 Å². The summed E-state index contributed by atoms with van der Waals surface area (Å²) in [4.78, 5) is 25.1. The third-order valence-electron chi connectivity index (χ3n) is 3.46. The van der Waals surface area contributed by atoms with Crippen molar-refractivity contribution in [2.75, 3.05) is 6.54 Å². The predicted molar refractivity (Wildman–Crippen MR) is 77.9 cm³/mol. The molecule has 0 aromatic heterocycles. The van der Waals surface area contributed by atoms with Gasteiger partial charge in [0.2, 0.25) is 0 Å². The molecule has 0 spiro atoms. The molecule has 1 N–H and O–H groups in total. The number of rotatable bonds is 2. The number of amides is 1. The molecule has 1 aliphatic heterocycles. The summed E-state index contributed by atoms with van der Waals surface area (Å²) in [5.41, 5.74) is 0.340. The molecule has 114 valence electrons. The van der Waals surface area contributed by atoms with Crippen LogP contribution in [0.3, 0.4) is 0 Å². The van der Waals surface area contributed by atoms with Crippen molar-refractivity contribution in [2.24, 2.45) is 5.92 Å². The smallest absolute Gasteiger partial charge is 0.410 e. The first-order valence-electron chi connectivity index (χ1n) is 7.05. The Balaban J connectivity index is 2.23. The van der Waals surface area contributed by atoms with E-state index in [2.05, 4.69) is 0 Å². The number of hydrogen-bond acceptors (Lipinski definition) is 3. The lowest BCUT2D eigenvalue weighted by Gasteiger charge is -2.28. The van der Waals surface area contributed by atoms with Crippen LogP contribution in [0.15, 0.2) is 30.3 Å². The number of carbonyl (C=O) groups excluding carboxylic acids is 1. The summed E-state index contributed by atoms with van der Waals surface area (Å²) in [5.74, 6) is -1.43. The number of hydrogen-bond donors (Lipinski definition) is 1. The second-order valence-corrected chi connectivity index (χ2v) is 6.33. The van der Waals surface area contributed by atoms with Gasteiger partial charge in [0.25, 0.3) is 0 Å². The lowest BCUT2D eigenvalue weighted by molar-refractivity contribution is -0.141. The van der Waals surface area contributed by atoms with Gasteiger partial charge in [-0.05, 0) is 32.8 Å². The average Bonchev–Trinajstić information content (AvgIpc) is 2.83. The SMILES string of the molecule is CC(C)(C)OC(=O)N1C[C@H](C(=O)O)C[C@H]1c1ccccc1. The van der Waals surface area contributed by atoms with Crippen molar-refractivity contribution in [3.63, 3.8) is 0 Å². The van der Waals surface area contributed by atoms with Crippen molar-refractivity contribution in [1.82, 2.24) is 4.90 Å². The third-order valence-corrected chi connectivity index (χ3v) is 3.46. The minimum absolute atomic E-state index is 0.184. The molecule has 1 fully saturated rings. The molecule has 1 heterocycles. The van der Waals surface area contributed by atoms with Gasteiger partial charge >= 0.3 is 12.1 Å². The molecule has 21 heavy (non-hydrogen) atoms. The summed E-state index contributed by atoms with van der Waals surface area (Å²) in [6, 6.07) is 9.24. The number of nitrogens with zero attached hydrogens (tertiary/aromatic N) is 1. The number of aliphatic carboxylic acids is 1. The molecule has 0 unspecified atom stereocenters. The summed E-state index contributed by atoms with van der Waals surface area (Å²) in [6.45, 7) is 5.58. The molecule has 1 aromatic rings. The van der Waals surface area contributed by atoms with Crippen LogP contribution >= 0.6 is 0 Å². The van der Waals surface area contributed by atoms with Crippen molar-refractivity contribution >= 4 is 12.1 Å². The highest BCUT2D eigenvalue weighted by molar-refractivity contribution is 5.75. The Labute approximate surface area is 124 Å².